The molecule has 1 saturated carbocycles. The third-order valence-electron chi connectivity index (χ3n) is 5.04. The molecule has 1 fully saturated rings. The Morgan fingerprint density at radius 1 is 1.30 bits per heavy atom. The molecule has 0 spiro atoms. The van der Waals surface area contributed by atoms with Gasteiger partial charge in [0.1, 0.15) is 0 Å². The number of nitrogens with one attached hydrogen (secondary N) is 1. The quantitative estimate of drug-likeness (QED) is 0.836. The lowest BCUT2D eigenvalue weighted by atomic mass is 9.85. The van der Waals surface area contributed by atoms with Gasteiger partial charge in [0.25, 0.3) is 0 Å². The first-order chi connectivity index (χ1) is 9.52. The second kappa shape index (κ2) is 5.36. The van der Waals surface area contributed by atoms with Crippen molar-refractivity contribution in [2.45, 2.75) is 46.2 Å². The molecule has 3 rings (SSSR count). The van der Waals surface area contributed by atoms with Gasteiger partial charge in [-0.1, -0.05) is 32.9 Å². The molecular formula is C17H27N3. The molecule has 0 saturated heterocycles. The molecule has 3 nitrogen and oxygen atoms in total. The van der Waals surface area contributed by atoms with Crippen LogP contribution in [0.15, 0.2) is 30.9 Å². The summed E-state index contributed by atoms with van der Waals surface area (Å²) >= 11 is 0. The van der Waals surface area contributed by atoms with Gasteiger partial charge >= 0.3 is 0 Å². The van der Waals surface area contributed by atoms with Gasteiger partial charge < -0.3 is 9.88 Å². The number of hydrogen-bond donors (Lipinski definition) is 1. The molecule has 4 atom stereocenters. The van der Waals surface area contributed by atoms with Crippen LogP contribution in [0.25, 0.3) is 0 Å². The first-order valence-corrected chi connectivity index (χ1v) is 7.90. The third kappa shape index (κ3) is 2.98. The maximum absolute atomic E-state index is 4.15. The number of rotatable bonds is 5. The van der Waals surface area contributed by atoms with E-state index in [1.54, 1.807) is 0 Å². The summed E-state index contributed by atoms with van der Waals surface area (Å²) < 4.78 is 2.18. The molecule has 4 unspecified atom stereocenters. The van der Waals surface area contributed by atoms with Gasteiger partial charge in [0.15, 0.2) is 0 Å². The molecule has 20 heavy (non-hydrogen) atoms. The highest BCUT2D eigenvalue weighted by Gasteiger charge is 2.36. The zero-order valence-electron chi connectivity index (χ0n) is 12.9. The smallest absolute Gasteiger partial charge is 0.0946 e. The number of fused-ring (bicyclic) bond motifs is 2. The summed E-state index contributed by atoms with van der Waals surface area (Å²) in [6.07, 6.45) is 13.5. The number of aromatic nitrogens is 2. The summed E-state index contributed by atoms with van der Waals surface area (Å²) in [4.78, 5) is 4.15. The summed E-state index contributed by atoms with van der Waals surface area (Å²) in [6.45, 7) is 9.12. The van der Waals surface area contributed by atoms with Gasteiger partial charge in [0.05, 0.1) is 6.33 Å². The molecule has 2 aliphatic carbocycles. The zero-order valence-corrected chi connectivity index (χ0v) is 12.9. The van der Waals surface area contributed by atoms with Crippen LogP contribution >= 0.6 is 0 Å². The minimum Gasteiger partial charge on any atom is -0.336 e. The molecule has 3 heteroatoms. The van der Waals surface area contributed by atoms with E-state index in [0.717, 1.165) is 30.8 Å². The molecule has 1 N–H and O–H groups in total. The third-order valence-corrected chi connectivity index (χ3v) is 5.04. The van der Waals surface area contributed by atoms with Crippen LogP contribution in [-0.4, -0.2) is 22.1 Å². The lowest BCUT2D eigenvalue weighted by molar-refractivity contribution is 0.226. The molecule has 1 aromatic rings. The van der Waals surface area contributed by atoms with E-state index in [2.05, 4.69) is 54.0 Å². The molecule has 1 heterocycles. The molecule has 0 amide bonds. The molecule has 2 bridgehead atoms. The predicted octanol–water partition coefficient (Wildman–Crippen LogP) is 3.10. The second-order valence-corrected chi connectivity index (χ2v) is 7.63. The maximum atomic E-state index is 4.15. The fourth-order valence-corrected chi connectivity index (χ4v) is 3.67. The molecule has 0 radical (unpaired) electrons. The summed E-state index contributed by atoms with van der Waals surface area (Å²) in [5.41, 5.74) is 0.262. The summed E-state index contributed by atoms with van der Waals surface area (Å²) in [6, 6.07) is 0.486. The maximum Gasteiger partial charge on any atom is 0.0946 e. The van der Waals surface area contributed by atoms with E-state index in [4.69, 9.17) is 0 Å². The van der Waals surface area contributed by atoms with Crippen LogP contribution in [0.1, 0.15) is 33.6 Å². The SMILES string of the molecule is CC(C)(C)C(Cn1ccnc1)NCC1CC2C=CC1C2. The molecular weight excluding hydrogens is 246 g/mol. The van der Waals surface area contributed by atoms with Crippen LogP contribution in [0.2, 0.25) is 0 Å². The standard InChI is InChI=1S/C17H27N3/c1-17(2,3)16(11-20-7-6-18-12-20)19-10-15-9-13-4-5-14(15)8-13/h4-7,12-16,19H,8-11H2,1-3H3. The lowest BCUT2D eigenvalue weighted by Gasteiger charge is -2.33. The van der Waals surface area contributed by atoms with Crippen molar-refractivity contribution in [3.63, 3.8) is 0 Å². The van der Waals surface area contributed by atoms with E-state index in [0.29, 0.717) is 6.04 Å². The van der Waals surface area contributed by atoms with Crippen molar-refractivity contribution in [3.05, 3.63) is 30.9 Å². The van der Waals surface area contributed by atoms with E-state index in [-0.39, 0.29) is 5.41 Å². The first kappa shape index (κ1) is 13.9. The number of allylic oxidation sites excluding steroid dienone is 2. The minimum atomic E-state index is 0.262. The Kier molecular flexibility index (Phi) is 3.72. The normalized spacial score (nSPS) is 30.1. The fourth-order valence-electron chi connectivity index (χ4n) is 3.67. The first-order valence-electron chi connectivity index (χ1n) is 7.90. The van der Waals surface area contributed by atoms with E-state index >= 15 is 0 Å². The average molecular weight is 273 g/mol. The van der Waals surface area contributed by atoms with Gasteiger partial charge in [-0.15, -0.1) is 0 Å². The predicted molar refractivity (Wildman–Crippen MR) is 82.3 cm³/mol. The zero-order chi connectivity index (χ0) is 14.2. The Morgan fingerprint density at radius 3 is 2.70 bits per heavy atom. The van der Waals surface area contributed by atoms with Gasteiger partial charge in [0, 0.05) is 25.0 Å². The monoisotopic (exact) mass is 273 g/mol. The van der Waals surface area contributed by atoms with Crippen LogP contribution < -0.4 is 5.32 Å². The van der Waals surface area contributed by atoms with Crippen LogP contribution in [-0.2, 0) is 6.54 Å². The van der Waals surface area contributed by atoms with E-state index in [1.165, 1.54) is 12.8 Å². The Bertz CT molecular complexity index is 455. The Balaban J connectivity index is 1.58. The highest BCUT2D eigenvalue weighted by Crippen LogP contribution is 2.43. The van der Waals surface area contributed by atoms with E-state index in [9.17, 15) is 0 Å². The van der Waals surface area contributed by atoms with Gasteiger partial charge in [-0.25, -0.2) is 4.98 Å². The van der Waals surface area contributed by atoms with Crippen molar-refractivity contribution in [3.8, 4) is 0 Å². The topological polar surface area (TPSA) is 29.9 Å². The largest absolute Gasteiger partial charge is 0.336 e. The van der Waals surface area contributed by atoms with Gasteiger partial charge in [-0.2, -0.15) is 0 Å². The Labute approximate surface area is 122 Å². The molecule has 0 aromatic carbocycles. The summed E-state index contributed by atoms with van der Waals surface area (Å²) in [5.74, 6) is 2.55. The van der Waals surface area contributed by atoms with Gasteiger partial charge in [-0.05, 0) is 42.6 Å². The molecule has 1 aromatic heterocycles. The van der Waals surface area contributed by atoms with Crippen molar-refractivity contribution in [1.82, 2.24) is 14.9 Å². The summed E-state index contributed by atoms with van der Waals surface area (Å²) in [5, 5.41) is 3.84. The average Bonchev–Trinajstić information content (AvgIpc) is 3.09. The lowest BCUT2D eigenvalue weighted by Crippen LogP contribution is -2.45. The van der Waals surface area contributed by atoms with Crippen LogP contribution in [0, 0.1) is 23.2 Å². The minimum absolute atomic E-state index is 0.262. The van der Waals surface area contributed by atoms with Crippen molar-refractivity contribution >= 4 is 0 Å². The van der Waals surface area contributed by atoms with Gasteiger partial charge in [-0.3, -0.25) is 0 Å². The Hall–Kier alpha value is -1.09. The highest BCUT2D eigenvalue weighted by atomic mass is 15.1. The molecule has 0 aliphatic heterocycles. The van der Waals surface area contributed by atoms with Crippen molar-refractivity contribution in [1.29, 1.82) is 0 Å². The number of nitrogens with zero attached hydrogens (tertiary/aromatic N) is 2. The van der Waals surface area contributed by atoms with Gasteiger partial charge in [0.2, 0.25) is 0 Å². The van der Waals surface area contributed by atoms with E-state index < -0.39 is 0 Å². The van der Waals surface area contributed by atoms with Crippen molar-refractivity contribution in [2.75, 3.05) is 6.54 Å². The fraction of sp³-hybridized carbons (Fsp3) is 0.706. The number of imidazole rings is 1. The van der Waals surface area contributed by atoms with Crippen LogP contribution in [0.5, 0.6) is 0 Å². The second-order valence-electron chi connectivity index (χ2n) is 7.63. The number of hydrogen-bond acceptors (Lipinski definition) is 2. The highest BCUT2D eigenvalue weighted by molar-refractivity contribution is 5.10. The summed E-state index contributed by atoms with van der Waals surface area (Å²) in [7, 11) is 0. The van der Waals surface area contributed by atoms with Crippen LogP contribution in [0.4, 0.5) is 0 Å². The molecule has 2 aliphatic rings. The van der Waals surface area contributed by atoms with Crippen LogP contribution in [0.3, 0.4) is 0 Å². The molecule has 110 valence electrons. The van der Waals surface area contributed by atoms with Crippen molar-refractivity contribution < 1.29 is 0 Å². The Morgan fingerprint density at radius 2 is 2.15 bits per heavy atom. The van der Waals surface area contributed by atoms with Crippen molar-refractivity contribution in [2.24, 2.45) is 23.2 Å². The van der Waals surface area contributed by atoms with E-state index in [1.807, 2.05) is 12.5 Å².